The maximum atomic E-state index is 12.5. The molecular weight excluding hydrogens is 581 g/mol. The monoisotopic (exact) mass is 594 g/mol. The van der Waals surface area contributed by atoms with Gasteiger partial charge in [0, 0.05) is 29.8 Å². The molecule has 0 aliphatic carbocycles. The highest BCUT2D eigenvalue weighted by atomic mass is 32.2. The number of nitrogens with one attached hydrogen (secondary N) is 1. The van der Waals surface area contributed by atoms with Crippen LogP contribution in [-0.2, 0) is 4.79 Å². The summed E-state index contributed by atoms with van der Waals surface area (Å²) in [4.78, 5) is 54.3. The molecule has 1 aliphatic rings. The van der Waals surface area contributed by atoms with Crippen LogP contribution < -0.4 is 5.32 Å². The largest absolute Gasteiger partial charge is 0.300 e. The molecule has 0 radical (unpaired) electrons. The second-order valence-electron chi connectivity index (χ2n) is 8.18. The van der Waals surface area contributed by atoms with Crippen LogP contribution in [0.5, 0.6) is 0 Å². The summed E-state index contributed by atoms with van der Waals surface area (Å²) in [6, 6.07) is 13.2. The summed E-state index contributed by atoms with van der Waals surface area (Å²) in [5.74, 6) is -0.463. The van der Waals surface area contributed by atoms with E-state index in [4.69, 9.17) is 0 Å². The van der Waals surface area contributed by atoms with E-state index in [0.29, 0.717) is 36.3 Å². The van der Waals surface area contributed by atoms with E-state index < -0.39 is 20.7 Å². The van der Waals surface area contributed by atoms with Crippen molar-refractivity contribution in [3.8, 4) is 0 Å². The average molecular weight is 595 g/mol. The van der Waals surface area contributed by atoms with E-state index in [1.807, 2.05) is 0 Å². The van der Waals surface area contributed by atoms with Gasteiger partial charge < -0.3 is 5.32 Å². The lowest BCUT2D eigenvalue weighted by Crippen LogP contribution is -2.19. The number of hydrogen-bond donors (Lipinski definition) is 1. The summed E-state index contributed by atoms with van der Waals surface area (Å²) in [5, 5.41) is 36.9. The van der Waals surface area contributed by atoms with Gasteiger partial charge in [0.05, 0.1) is 40.5 Å². The van der Waals surface area contributed by atoms with Crippen molar-refractivity contribution in [2.75, 3.05) is 0 Å². The van der Waals surface area contributed by atoms with Crippen molar-refractivity contribution in [2.45, 2.75) is 16.2 Å². The van der Waals surface area contributed by atoms with Crippen LogP contribution in [-0.4, -0.2) is 30.8 Å². The zero-order valence-electron chi connectivity index (χ0n) is 20.1. The molecule has 0 bridgehead atoms. The van der Waals surface area contributed by atoms with E-state index in [0.717, 1.165) is 23.5 Å². The Kier molecular flexibility index (Phi) is 7.29. The summed E-state index contributed by atoms with van der Waals surface area (Å²) in [6.07, 6.45) is 1.48. The van der Waals surface area contributed by atoms with Gasteiger partial charge in [-0.1, -0.05) is 23.9 Å². The van der Waals surface area contributed by atoms with Crippen molar-refractivity contribution in [2.24, 2.45) is 4.99 Å². The number of nitro benzene ring substituents is 3. The van der Waals surface area contributed by atoms with Crippen molar-refractivity contribution < 1.29 is 19.6 Å². The zero-order valence-corrected chi connectivity index (χ0v) is 22.5. The first kappa shape index (κ1) is 26.9. The molecule has 0 spiro atoms. The highest BCUT2D eigenvalue weighted by Gasteiger charge is 2.25. The third kappa shape index (κ3) is 5.68. The molecule has 1 N–H and O–H groups in total. The normalized spacial score (nSPS) is 15.1. The Morgan fingerprint density at radius 1 is 0.950 bits per heavy atom. The molecule has 0 unspecified atom stereocenters. The molecule has 0 atom stereocenters. The number of fused-ring (bicyclic) bond motifs is 1. The minimum Gasteiger partial charge on any atom is -0.300 e. The van der Waals surface area contributed by atoms with Crippen molar-refractivity contribution in [1.82, 2.24) is 10.3 Å². The molecule has 4 aromatic rings. The molecular formula is C24H14N6O7S3. The summed E-state index contributed by atoms with van der Waals surface area (Å²) in [5.41, 5.74) is 1.36. The van der Waals surface area contributed by atoms with Crippen LogP contribution in [0.1, 0.15) is 11.1 Å². The highest BCUT2D eigenvalue weighted by Crippen LogP contribution is 2.40. The number of non-ortho nitro benzene ring substituents is 1. The van der Waals surface area contributed by atoms with Crippen LogP contribution in [0.4, 0.5) is 22.7 Å². The first-order valence-electron chi connectivity index (χ1n) is 11.1. The van der Waals surface area contributed by atoms with E-state index in [2.05, 4.69) is 15.3 Å². The van der Waals surface area contributed by atoms with Crippen molar-refractivity contribution in [1.29, 1.82) is 0 Å². The number of carbonyl (C=O) groups is 1. The van der Waals surface area contributed by atoms with Crippen molar-refractivity contribution >= 4 is 85.0 Å². The summed E-state index contributed by atoms with van der Waals surface area (Å²) in [6.45, 7) is 1.61. The summed E-state index contributed by atoms with van der Waals surface area (Å²) >= 11 is 3.25. The molecule has 3 aromatic carbocycles. The third-order valence-corrected chi connectivity index (χ3v) is 8.56. The zero-order chi connectivity index (χ0) is 28.6. The van der Waals surface area contributed by atoms with Crippen LogP contribution >= 0.6 is 34.9 Å². The number of amides is 1. The molecule has 1 amide bonds. The Bertz CT molecular complexity index is 1820. The number of nitro groups is 3. The predicted octanol–water partition coefficient (Wildman–Crippen LogP) is 6.37. The fourth-order valence-corrected chi connectivity index (χ4v) is 6.59. The molecule has 2 heterocycles. The fraction of sp³-hybridized carbons (Fsp3) is 0.0417. The van der Waals surface area contributed by atoms with Gasteiger partial charge in [-0.15, -0.1) is 11.3 Å². The Balaban J connectivity index is 1.39. The number of hydrogen-bond acceptors (Lipinski definition) is 12. The van der Waals surface area contributed by atoms with Crippen LogP contribution in [0, 0.1) is 37.3 Å². The van der Waals surface area contributed by atoms with E-state index >= 15 is 0 Å². The minimum absolute atomic E-state index is 0.0710. The molecule has 16 heteroatoms. The SMILES string of the molecule is Cc1ccc(N=C2NC(=O)/C(=C/c3ccc(Sc4nc5ccc([N+](=O)[O-])cc5s4)c([N+](=O)[O-])c3)S2)cc1[N+](=O)[O-]. The lowest BCUT2D eigenvalue weighted by atomic mass is 10.2. The molecule has 1 aliphatic heterocycles. The van der Waals surface area contributed by atoms with Gasteiger partial charge in [0.2, 0.25) is 0 Å². The lowest BCUT2D eigenvalue weighted by Gasteiger charge is -2.02. The van der Waals surface area contributed by atoms with E-state index in [1.54, 1.807) is 31.2 Å². The Morgan fingerprint density at radius 3 is 2.45 bits per heavy atom. The van der Waals surface area contributed by atoms with Gasteiger partial charge in [0.1, 0.15) is 0 Å². The van der Waals surface area contributed by atoms with Crippen LogP contribution in [0.3, 0.4) is 0 Å². The second-order valence-corrected chi connectivity index (χ2v) is 11.5. The number of aromatic nitrogens is 1. The molecule has 40 heavy (non-hydrogen) atoms. The van der Waals surface area contributed by atoms with E-state index in [9.17, 15) is 35.1 Å². The number of rotatable bonds is 7. The average Bonchev–Trinajstić information content (AvgIpc) is 3.46. The second kappa shape index (κ2) is 10.8. The topological polar surface area (TPSA) is 184 Å². The Morgan fingerprint density at radius 2 is 1.73 bits per heavy atom. The van der Waals surface area contributed by atoms with Gasteiger partial charge in [-0.25, -0.2) is 9.98 Å². The number of carbonyl (C=O) groups excluding carboxylic acids is 1. The van der Waals surface area contributed by atoms with Crippen molar-refractivity contribution in [3.05, 3.63) is 101 Å². The number of benzene rings is 3. The summed E-state index contributed by atoms with van der Waals surface area (Å²) in [7, 11) is 0. The fourth-order valence-electron chi connectivity index (χ4n) is 3.61. The molecule has 0 saturated carbocycles. The Hall–Kier alpha value is -4.67. The number of aliphatic imine (C=N–C) groups is 1. The number of thioether (sulfide) groups is 1. The molecule has 200 valence electrons. The van der Waals surface area contributed by atoms with Gasteiger partial charge in [0.15, 0.2) is 9.51 Å². The smallest absolute Gasteiger partial charge is 0.283 e. The molecule has 1 saturated heterocycles. The van der Waals surface area contributed by atoms with Gasteiger partial charge in [-0.2, -0.15) is 0 Å². The van der Waals surface area contributed by atoms with Gasteiger partial charge in [-0.3, -0.25) is 35.1 Å². The lowest BCUT2D eigenvalue weighted by molar-refractivity contribution is -0.387. The molecule has 1 fully saturated rings. The first-order chi connectivity index (χ1) is 19.1. The Labute approximate surface area is 236 Å². The third-order valence-electron chi connectivity index (χ3n) is 5.51. The number of amidine groups is 1. The minimum atomic E-state index is -0.540. The number of thiazole rings is 1. The molecule has 1 aromatic heterocycles. The number of aryl methyl sites for hydroxylation is 1. The predicted molar refractivity (Wildman–Crippen MR) is 152 cm³/mol. The van der Waals surface area contributed by atoms with Gasteiger partial charge >= 0.3 is 0 Å². The molecule has 5 rings (SSSR count). The van der Waals surface area contributed by atoms with E-state index in [-0.39, 0.29) is 27.1 Å². The van der Waals surface area contributed by atoms with Crippen LogP contribution in [0.15, 0.2) is 73.7 Å². The van der Waals surface area contributed by atoms with Gasteiger partial charge in [-0.05, 0) is 48.5 Å². The standard InChI is InChI=1S/C24H14N6O7S3/c1-12-2-4-14(10-17(12)29(34)35)25-23-27-22(31)21(38-23)9-13-3-7-19(18(8-13)30(36)37)39-24-26-16-6-5-15(28(32)33)11-20(16)40-24/h2-11H,1H3,(H,25,27,31)/b21-9-. The maximum absolute atomic E-state index is 12.5. The van der Waals surface area contributed by atoms with E-state index in [1.165, 1.54) is 47.7 Å². The molecule has 13 nitrogen and oxygen atoms in total. The summed E-state index contributed by atoms with van der Waals surface area (Å²) < 4.78 is 1.07. The first-order valence-corrected chi connectivity index (χ1v) is 13.6. The quantitative estimate of drug-likeness (QED) is 0.143. The number of nitrogens with zero attached hydrogens (tertiary/aromatic N) is 5. The van der Waals surface area contributed by atoms with Crippen molar-refractivity contribution in [3.63, 3.8) is 0 Å². The highest BCUT2D eigenvalue weighted by molar-refractivity contribution is 8.18. The van der Waals surface area contributed by atoms with Crippen LogP contribution in [0.2, 0.25) is 0 Å². The maximum Gasteiger partial charge on any atom is 0.283 e. The van der Waals surface area contributed by atoms with Gasteiger partial charge in [0.25, 0.3) is 23.0 Å². The van der Waals surface area contributed by atoms with Crippen LogP contribution in [0.25, 0.3) is 16.3 Å².